The standard InChI is InChI=1S/C11H17F3N2O3/c1-2-8(9(17)18)15-10(19)16-5-3-4-7(6-16)11(12,13)14/h7-8H,2-6H2,1H3,(H,15,19)(H,17,18)/t7?,8-/m1/s1. The predicted molar refractivity (Wildman–Crippen MR) is 60.6 cm³/mol. The molecule has 0 aromatic carbocycles. The topological polar surface area (TPSA) is 69.6 Å². The molecule has 0 saturated carbocycles. The van der Waals surface area contributed by atoms with E-state index in [0.717, 1.165) is 4.90 Å². The highest BCUT2D eigenvalue weighted by molar-refractivity contribution is 5.82. The number of carboxylic acid groups (broad SMARTS) is 1. The van der Waals surface area contributed by atoms with E-state index in [1.165, 1.54) is 0 Å². The number of urea groups is 1. The van der Waals surface area contributed by atoms with Crippen molar-refractivity contribution in [3.05, 3.63) is 0 Å². The molecule has 1 aliphatic rings. The van der Waals surface area contributed by atoms with E-state index >= 15 is 0 Å². The average molecular weight is 282 g/mol. The molecule has 0 aliphatic carbocycles. The Labute approximate surface area is 108 Å². The number of hydrogen-bond donors (Lipinski definition) is 2. The van der Waals surface area contributed by atoms with Crippen LogP contribution in [0, 0.1) is 5.92 Å². The minimum Gasteiger partial charge on any atom is -0.480 e. The number of nitrogens with zero attached hydrogens (tertiary/aromatic N) is 1. The van der Waals surface area contributed by atoms with Crippen molar-refractivity contribution < 1.29 is 27.9 Å². The van der Waals surface area contributed by atoms with Crippen LogP contribution >= 0.6 is 0 Å². The second-order valence-corrected chi connectivity index (χ2v) is 4.58. The number of carbonyl (C=O) groups excluding carboxylic acids is 1. The number of piperidine rings is 1. The molecule has 1 saturated heterocycles. The van der Waals surface area contributed by atoms with Crippen LogP contribution in [0.2, 0.25) is 0 Å². The zero-order valence-corrected chi connectivity index (χ0v) is 10.5. The van der Waals surface area contributed by atoms with Crippen LogP contribution < -0.4 is 5.32 Å². The summed E-state index contributed by atoms with van der Waals surface area (Å²) in [5.41, 5.74) is 0. The summed E-state index contributed by atoms with van der Waals surface area (Å²) in [6.45, 7) is 1.38. The van der Waals surface area contributed by atoms with Gasteiger partial charge in [-0.15, -0.1) is 0 Å². The van der Waals surface area contributed by atoms with E-state index in [2.05, 4.69) is 5.32 Å². The maximum Gasteiger partial charge on any atom is 0.393 e. The fraction of sp³-hybridized carbons (Fsp3) is 0.818. The van der Waals surface area contributed by atoms with Gasteiger partial charge in [0.2, 0.25) is 0 Å². The molecule has 1 rings (SSSR count). The number of halogens is 3. The molecule has 0 radical (unpaired) electrons. The third-order valence-electron chi connectivity index (χ3n) is 3.18. The molecule has 1 fully saturated rings. The summed E-state index contributed by atoms with van der Waals surface area (Å²) >= 11 is 0. The Morgan fingerprint density at radius 1 is 1.47 bits per heavy atom. The fourth-order valence-electron chi connectivity index (χ4n) is 2.01. The van der Waals surface area contributed by atoms with Crippen molar-refractivity contribution in [2.75, 3.05) is 13.1 Å². The largest absolute Gasteiger partial charge is 0.480 e. The van der Waals surface area contributed by atoms with E-state index in [1.54, 1.807) is 6.92 Å². The molecule has 0 spiro atoms. The Balaban J connectivity index is 2.60. The molecule has 5 nitrogen and oxygen atoms in total. The van der Waals surface area contributed by atoms with Crippen LogP contribution in [0.5, 0.6) is 0 Å². The highest BCUT2D eigenvalue weighted by Gasteiger charge is 2.42. The lowest BCUT2D eigenvalue weighted by atomic mass is 9.98. The minimum absolute atomic E-state index is 0.00339. The second kappa shape index (κ2) is 6.12. The highest BCUT2D eigenvalue weighted by Crippen LogP contribution is 2.33. The summed E-state index contributed by atoms with van der Waals surface area (Å²) in [5, 5.41) is 11.0. The van der Waals surface area contributed by atoms with Gasteiger partial charge in [-0.25, -0.2) is 9.59 Å². The molecule has 19 heavy (non-hydrogen) atoms. The molecular formula is C11H17F3N2O3. The fourth-order valence-corrected chi connectivity index (χ4v) is 2.01. The first-order valence-corrected chi connectivity index (χ1v) is 6.10. The molecule has 2 N–H and O–H groups in total. The normalized spacial score (nSPS) is 21.9. The second-order valence-electron chi connectivity index (χ2n) is 4.58. The van der Waals surface area contributed by atoms with Gasteiger partial charge in [0.25, 0.3) is 0 Å². The Morgan fingerprint density at radius 2 is 2.11 bits per heavy atom. The van der Waals surface area contributed by atoms with Crippen molar-refractivity contribution in [3.63, 3.8) is 0 Å². The number of nitrogens with one attached hydrogen (secondary N) is 1. The molecule has 0 aromatic rings. The maximum absolute atomic E-state index is 12.6. The van der Waals surface area contributed by atoms with Gasteiger partial charge in [0.05, 0.1) is 5.92 Å². The van der Waals surface area contributed by atoms with E-state index in [4.69, 9.17) is 5.11 Å². The van der Waals surface area contributed by atoms with Crippen LogP contribution in [0.25, 0.3) is 0 Å². The van der Waals surface area contributed by atoms with Gasteiger partial charge in [-0.2, -0.15) is 13.2 Å². The Kier molecular flexibility index (Phi) is 5.02. The zero-order valence-electron chi connectivity index (χ0n) is 10.5. The third kappa shape index (κ3) is 4.29. The van der Waals surface area contributed by atoms with Gasteiger partial charge in [-0.3, -0.25) is 0 Å². The molecule has 2 atom stereocenters. The summed E-state index contributed by atoms with van der Waals surface area (Å²) in [7, 11) is 0. The van der Waals surface area contributed by atoms with Gasteiger partial charge < -0.3 is 15.3 Å². The predicted octanol–water partition coefficient (Wildman–Crippen LogP) is 1.83. The summed E-state index contributed by atoms with van der Waals surface area (Å²) in [5.74, 6) is -2.72. The van der Waals surface area contributed by atoms with E-state index in [9.17, 15) is 22.8 Å². The first-order valence-electron chi connectivity index (χ1n) is 6.10. The monoisotopic (exact) mass is 282 g/mol. The molecule has 110 valence electrons. The summed E-state index contributed by atoms with van der Waals surface area (Å²) in [4.78, 5) is 23.5. The number of amides is 2. The lowest BCUT2D eigenvalue weighted by molar-refractivity contribution is -0.184. The van der Waals surface area contributed by atoms with Crippen LogP contribution in [-0.4, -0.2) is 47.3 Å². The van der Waals surface area contributed by atoms with Crippen molar-refractivity contribution in [1.82, 2.24) is 10.2 Å². The SMILES string of the molecule is CC[C@@H](NC(=O)N1CCCC(C(F)(F)F)C1)C(=O)O. The summed E-state index contributed by atoms with van der Waals surface area (Å²) < 4.78 is 37.7. The first kappa shape index (κ1) is 15.6. The van der Waals surface area contributed by atoms with Crippen LogP contribution in [0.1, 0.15) is 26.2 Å². The molecule has 2 amide bonds. The number of likely N-dealkylation sites (tertiary alicyclic amines) is 1. The van der Waals surface area contributed by atoms with Crippen molar-refractivity contribution in [2.24, 2.45) is 5.92 Å². The lowest BCUT2D eigenvalue weighted by Gasteiger charge is -2.34. The molecule has 0 bridgehead atoms. The first-order chi connectivity index (χ1) is 8.75. The van der Waals surface area contributed by atoms with Crippen LogP contribution in [0.4, 0.5) is 18.0 Å². The van der Waals surface area contributed by atoms with Gasteiger partial charge >= 0.3 is 18.2 Å². The molecule has 1 unspecified atom stereocenters. The quantitative estimate of drug-likeness (QED) is 0.829. The Morgan fingerprint density at radius 3 is 2.58 bits per heavy atom. The van der Waals surface area contributed by atoms with Gasteiger partial charge in [-0.1, -0.05) is 6.92 Å². The Bertz CT molecular complexity index is 347. The zero-order chi connectivity index (χ0) is 14.6. The summed E-state index contributed by atoms with van der Waals surface area (Å²) in [6, 6.07) is -1.82. The molecule has 0 aromatic heterocycles. The van der Waals surface area contributed by atoms with Crippen LogP contribution in [-0.2, 0) is 4.79 Å². The van der Waals surface area contributed by atoms with E-state index in [0.29, 0.717) is 0 Å². The van der Waals surface area contributed by atoms with Crippen molar-refractivity contribution >= 4 is 12.0 Å². The van der Waals surface area contributed by atoms with Crippen molar-refractivity contribution in [3.8, 4) is 0 Å². The number of hydrogen-bond acceptors (Lipinski definition) is 2. The smallest absolute Gasteiger partial charge is 0.393 e. The number of alkyl halides is 3. The number of carbonyl (C=O) groups is 2. The van der Waals surface area contributed by atoms with E-state index in [1.807, 2.05) is 0 Å². The van der Waals surface area contributed by atoms with Gasteiger partial charge in [-0.05, 0) is 19.3 Å². The van der Waals surface area contributed by atoms with Crippen LogP contribution in [0.3, 0.4) is 0 Å². The van der Waals surface area contributed by atoms with E-state index in [-0.39, 0.29) is 25.8 Å². The van der Waals surface area contributed by atoms with Crippen molar-refractivity contribution in [1.29, 1.82) is 0 Å². The van der Waals surface area contributed by atoms with Crippen LogP contribution in [0.15, 0.2) is 0 Å². The average Bonchev–Trinajstić information content (AvgIpc) is 2.34. The molecular weight excluding hydrogens is 265 g/mol. The number of rotatable bonds is 3. The number of carboxylic acids is 1. The van der Waals surface area contributed by atoms with Gasteiger partial charge in [0.15, 0.2) is 0 Å². The maximum atomic E-state index is 12.6. The van der Waals surface area contributed by atoms with E-state index < -0.39 is 36.7 Å². The third-order valence-corrected chi connectivity index (χ3v) is 3.18. The number of aliphatic carboxylic acids is 1. The highest BCUT2D eigenvalue weighted by atomic mass is 19.4. The summed E-state index contributed by atoms with van der Waals surface area (Å²) in [6.07, 6.45) is -3.88. The minimum atomic E-state index is -4.32. The molecule has 1 aliphatic heterocycles. The molecule has 8 heteroatoms. The van der Waals surface area contributed by atoms with Gasteiger partial charge in [0.1, 0.15) is 6.04 Å². The van der Waals surface area contributed by atoms with Crippen molar-refractivity contribution in [2.45, 2.75) is 38.4 Å². The molecule has 1 heterocycles. The lowest BCUT2D eigenvalue weighted by Crippen LogP contribution is -2.52. The van der Waals surface area contributed by atoms with Gasteiger partial charge in [0, 0.05) is 13.1 Å². The Hall–Kier alpha value is -1.47.